The number of primary amides is 1. The molecule has 2 amide bonds. The summed E-state index contributed by atoms with van der Waals surface area (Å²) in [5.41, 5.74) is 4.90. The number of amides is 2. The molecule has 0 rings (SSSR count). The highest BCUT2D eigenvalue weighted by molar-refractivity contribution is 5.80. The Labute approximate surface area is 134 Å². The molecular formula is C17H32N2O3. The van der Waals surface area contributed by atoms with Gasteiger partial charge in [0.05, 0.1) is 13.2 Å². The number of allylic oxidation sites excluding steroid dienone is 2. The minimum Gasteiger partial charge on any atom is -0.450 e. The van der Waals surface area contributed by atoms with Crippen LogP contribution in [0.15, 0.2) is 12.2 Å². The molecule has 0 aliphatic carbocycles. The first-order valence-electron chi connectivity index (χ1n) is 8.50. The summed E-state index contributed by atoms with van der Waals surface area (Å²) >= 11 is 0. The van der Waals surface area contributed by atoms with Gasteiger partial charge in [-0.2, -0.15) is 0 Å². The number of hydrogen-bond acceptors (Lipinski definition) is 3. The summed E-state index contributed by atoms with van der Waals surface area (Å²) in [6.07, 6.45) is 15.9. The molecule has 0 saturated heterocycles. The lowest BCUT2D eigenvalue weighted by Crippen LogP contribution is -2.33. The highest BCUT2D eigenvalue weighted by Gasteiger charge is 2.02. The van der Waals surface area contributed by atoms with E-state index >= 15 is 0 Å². The first-order valence-corrected chi connectivity index (χ1v) is 8.50. The molecule has 0 aromatic rings. The number of alkyl carbamates (subject to hydrolysis) is 1. The third kappa shape index (κ3) is 16.5. The van der Waals surface area contributed by atoms with E-state index in [4.69, 9.17) is 10.5 Å². The number of nitrogens with one attached hydrogen (secondary N) is 1. The Kier molecular flexibility index (Phi) is 14.8. The van der Waals surface area contributed by atoms with E-state index in [0.29, 0.717) is 6.61 Å². The Morgan fingerprint density at radius 3 is 2.14 bits per heavy atom. The van der Waals surface area contributed by atoms with E-state index in [1.807, 2.05) is 0 Å². The summed E-state index contributed by atoms with van der Waals surface area (Å²) in [5.74, 6) is -0.571. The predicted octanol–water partition coefficient (Wildman–Crippen LogP) is 3.68. The minimum absolute atomic E-state index is 0.174. The van der Waals surface area contributed by atoms with Crippen LogP contribution in [0, 0.1) is 0 Å². The van der Waals surface area contributed by atoms with Crippen molar-refractivity contribution in [2.45, 2.75) is 71.1 Å². The number of carbonyl (C=O) groups is 2. The largest absolute Gasteiger partial charge is 0.450 e. The third-order valence-electron chi connectivity index (χ3n) is 3.31. The van der Waals surface area contributed by atoms with Crippen LogP contribution in [-0.4, -0.2) is 25.2 Å². The zero-order valence-corrected chi connectivity index (χ0v) is 13.9. The van der Waals surface area contributed by atoms with E-state index in [0.717, 1.165) is 19.3 Å². The highest BCUT2D eigenvalue weighted by Crippen LogP contribution is 2.10. The van der Waals surface area contributed by atoms with Crippen molar-refractivity contribution >= 4 is 12.0 Å². The zero-order chi connectivity index (χ0) is 16.5. The van der Waals surface area contributed by atoms with Gasteiger partial charge in [0.15, 0.2) is 0 Å². The van der Waals surface area contributed by atoms with Gasteiger partial charge in [-0.1, -0.05) is 57.6 Å². The molecule has 5 nitrogen and oxygen atoms in total. The summed E-state index contributed by atoms with van der Waals surface area (Å²) < 4.78 is 4.92. The van der Waals surface area contributed by atoms with Crippen molar-refractivity contribution in [1.82, 2.24) is 5.32 Å². The molecule has 0 radical (unpaired) electrons. The first-order chi connectivity index (χ1) is 10.7. The van der Waals surface area contributed by atoms with Crippen molar-refractivity contribution in [2.24, 2.45) is 5.73 Å². The maximum absolute atomic E-state index is 11.1. The van der Waals surface area contributed by atoms with Crippen LogP contribution in [0.25, 0.3) is 0 Å². The second-order valence-corrected chi connectivity index (χ2v) is 5.45. The quantitative estimate of drug-likeness (QED) is 0.379. The molecule has 0 aromatic carbocycles. The van der Waals surface area contributed by atoms with Gasteiger partial charge in [-0.3, -0.25) is 4.79 Å². The number of hydrogen-bond donors (Lipinski definition) is 2. The molecule has 0 atom stereocenters. The summed E-state index contributed by atoms with van der Waals surface area (Å²) in [4.78, 5) is 21.5. The minimum atomic E-state index is -0.573. The van der Waals surface area contributed by atoms with Crippen LogP contribution in [0.4, 0.5) is 4.79 Å². The summed E-state index contributed by atoms with van der Waals surface area (Å²) in [5, 5.41) is 2.29. The van der Waals surface area contributed by atoms with Gasteiger partial charge < -0.3 is 15.8 Å². The van der Waals surface area contributed by atoms with Crippen molar-refractivity contribution in [3.63, 3.8) is 0 Å². The van der Waals surface area contributed by atoms with Gasteiger partial charge in [0, 0.05) is 0 Å². The van der Waals surface area contributed by atoms with E-state index in [9.17, 15) is 9.59 Å². The van der Waals surface area contributed by atoms with Crippen LogP contribution < -0.4 is 11.1 Å². The summed E-state index contributed by atoms with van der Waals surface area (Å²) in [6, 6.07) is 0. The SMILES string of the molecule is CC/C=C\CCCCCCCCCCOC(=O)NCC(N)=O. The van der Waals surface area contributed by atoms with E-state index in [2.05, 4.69) is 24.4 Å². The molecule has 5 heteroatoms. The van der Waals surface area contributed by atoms with Crippen molar-refractivity contribution in [3.05, 3.63) is 12.2 Å². The Morgan fingerprint density at radius 2 is 1.55 bits per heavy atom. The number of rotatable bonds is 14. The highest BCUT2D eigenvalue weighted by atomic mass is 16.5. The summed E-state index contributed by atoms with van der Waals surface area (Å²) in [6.45, 7) is 2.39. The monoisotopic (exact) mass is 312 g/mol. The third-order valence-corrected chi connectivity index (χ3v) is 3.31. The number of ether oxygens (including phenoxy) is 1. The van der Waals surface area contributed by atoms with Gasteiger partial charge in [-0.25, -0.2) is 4.79 Å². The van der Waals surface area contributed by atoms with Gasteiger partial charge in [0.2, 0.25) is 5.91 Å². The Bertz CT molecular complexity index is 317. The molecule has 128 valence electrons. The molecule has 0 fully saturated rings. The van der Waals surface area contributed by atoms with E-state index in [1.165, 1.54) is 44.9 Å². The molecule has 0 aromatic heterocycles. The average molecular weight is 312 g/mol. The topological polar surface area (TPSA) is 81.4 Å². The van der Waals surface area contributed by atoms with Crippen molar-refractivity contribution < 1.29 is 14.3 Å². The lowest BCUT2D eigenvalue weighted by atomic mass is 10.1. The molecule has 0 heterocycles. The lowest BCUT2D eigenvalue weighted by Gasteiger charge is -2.05. The fraction of sp³-hybridized carbons (Fsp3) is 0.765. The van der Waals surface area contributed by atoms with E-state index < -0.39 is 12.0 Å². The second kappa shape index (κ2) is 15.9. The maximum atomic E-state index is 11.1. The van der Waals surface area contributed by atoms with Gasteiger partial charge >= 0.3 is 6.09 Å². The van der Waals surface area contributed by atoms with Crippen LogP contribution in [-0.2, 0) is 9.53 Å². The Morgan fingerprint density at radius 1 is 0.955 bits per heavy atom. The van der Waals surface area contributed by atoms with Gasteiger partial charge in [0.1, 0.15) is 0 Å². The summed E-state index contributed by atoms with van der Waals surface area (Å²) in [7, 11) is 0. The van der Waals surface area contributed by atoms with Crippen LogP contribution in [0.3, 0.4) is 0 Å². The fourth-order valence-electron chi connectivity index (χ4n) is 2.08. The average Bonchev–Trinajstić information content (AvgIpc) is 2.49. The van der Waals surface area contributed by atoms with Crippen LogP contribution >= 0.6 is 0 Å². The van der Waals surface area contributed by atoms with Crippen LogP contribution in [0.2, 0.25) is 0 Å². The molecule has 3 N–H and O–H groups in total. The molecule has 0 aliphatic rings. The molecule has 0 bridgehead atoms. The van der Waals surface area contributed by atoms with Crippen LogP contribution in [0.5, 0.6) is 0 Å². The van der Waals surface area contributed by atoms with E-state index in [1.54, 1.807) is 0 Å². The van der Waals surface area contributed by atoms with Crippen molar-refractivity contribution in [1.29, 1.82) is 0 Å². The molecule has 0 spiro atoms. The number of unbranched alkanes of at least 4 members (excludes halogenated alkanes) is 8. The normalized spacial score (nSPS) is 10.8. The lowest BCUT2D eigenvalue weighted by molar-refractivity contribution is -0.117. The van der Waals surface area contributed by atoms with Crippen molar-refractivity contribution in [3.8, 4) is 0 Å². The fourth-order valence-corrected chi connectivity index (χ4v) is 2.08. The Hall–Kier alpha value is -1.52. The number of carbonyl (C=O) groups excluding carboxylic acids is 2. The second-order valence-electron chi connectivity index (χ2n) is 5.45. The molecule has 22 heavy (non-hydrogen) atoms. The molecule has 0 unspecified atom stereocenters. The maximum Gasteiger partial charge on any atom is 0.407 e. The first kappa shape index (κ1) is 20.5. The zero-order valence-electron chi connectivity index (χ0n) is 13.9. The Balaban J connectivity index is 3.15. The molecular weight excluding hydrogens is 280 g/mol. The van der Waals surface area contributed by atoms with Crippen LogP contribution in [0.1, 0.15) is 71.1 Å². The molecule has 0 aliphatic heterocycles. The standard InChI is InChI=1S/C17H32N2O3/c1-2-3-4-5-6-7-8-9-10-11-12-13-14-22-17(21)19-15-16(18)20/h3-4H,2,5-15H2,1H3,(H2,18,20)(H,19,21)/b4-3-. The van der Waals surface area contributed by atoms with Gasteiger partial charge in [-0.05, 0) is 25.7 Å². The predicted molar refractivity (Wildman–Crippen MR) is 89.5 cm³/mol. The van der Waals surface area contributed by atoms with Gasteiger partial charge in [-0.15, -0.1) is 0 Å². The van der Waals surface area contributed by atoms with E-state index in [-0.39, 0.29) is 6.54 Å². The molecule has 0 saturated carbocycles. The van der Waals surface area contributed by atoms with Gasteiger partial charge in [0.25, 0.3) is 0 Å². The van der Waals surface area contributed by atoms with Crippen molar-refractivity contribution in [2.75, 3.05) is 13.2 Å². The smallest absolute Gasteiger partial charge is 0.407 e. The number of nitrogens with two attached hydrogens (primary N) is 1.